The first-order valence-electron chi connectivity index (χ1n) is 17.3. The van der Waals surface area contributed by atoms with Gasteiger partial charge in [0.1, 0.15) is 5.75 Å². The number of nitrogens with one attached hydrogen (secondary N) is 1. The van der Waals surface area contributed by atoms with Gasteiger partial charge in [-0.25, -0.2) is 0 Å². The minimum atomic E-state index is 0.289. The molecule has 8 aromatic rings. The van der Waals surface area contributed by atoms with Crippen LogP contribution in [0.5, 0.6) is 5.75 Å². The van der Waals surface area contributed by atoms with Crippen molar-refractivity contribution in [3.63, 3.8) is 0 Å². The van der Waals surface area contributed by atoms with Crippen molar-refractivity contribution in [3.05, 3.63) is 200 Å². The summed E-state index contributed by atoms with van der Waals surface area (Å²) in [7, 11) is 0. The monoisotopic (exact) mass is 666 g/mol. The van der Waals surface area contributed by atoms with E-state index in [4.69, 9.17) is 0 Å². The number of hydrogen-bond donors (Lipinski definition) is 2. The highest BCUT2D eigenvalue weighted by Crippen LogP contribution is 2.39. The molecule has 0 radical (unpaired) electrons. The smallest absolute Gasteiger partial charge is 0.131 e. The predicted octanol–water partition coefficient (Wildman–Crippen LogP) is 13.0. The average Bonchev–Trinajstić information content (AvgIpc) is 3.22. The fourth-order valence-electron chi connectivity index (χ4n) is 6.76. The van der Waals surface area contributed by atoms with Crippen molar-refractivity contribution >= 4 is 11.4 Å². The standard InChI is InChI=1S/C49H34N2O/c50-33-34-11-6-20-44(29-34)51-48-24-5-4-21-45(48)43-19-9-18-42(32-43)41-17-8-16-40(31-41)39-15-7-14-38(30-39)35-25-27-37(28-26-35)47-23-10-22-46(49(47)52)36-12-2-1-3-13-36/h1-32,51-52H. The van der Waals surface area contributed by atoms with Crippen LogP contribution in [0.15, 0.2) is 194 Å². The van der Waals surface area contributed by atoms with Crippen molar-refractivity contribution in [3.8, 4) is 78.6 Å². The van der Waals surface area contributed by atoms with E-state index < -0.39 is 0 Å². The second kappa shape index (κ2) is 14.4. The van der Waals surface area contributed by atoms with Gasteiger partial charge in [0.05, 0.1) is 11.6 Å². The molecule has 0 amide bonds. The van der Waals surface area contributed by atoms with Gasteiger partial charge in [0.15, 0.2) is 0 Å². The number of aromatic hydroxyl groups is 1. The third kappa shape index (κ3) is 6.70. The van der Waals surface area contributed by atoms with E-state index in [1.54, 1.807) is 0 Å². The van der Waals surface area contributed by atoms with Gasteiger partial charge in [-0.1, -0.05) is 152 Å². The fraction of sp³-hybridized carbons (Fsp3) is 0. The zero-order chi connectivity index (χ0) is 35.3. The van der Waals surface area contributed by atoms with Crippen LogP contribution in [0.3, 0.4) is 0 Å². The number of para-hydroxylation sites is 2. The van der Waals surface area contributed by atoms with Gasteiger partial charge in [0, 0.05) is 28.1 Å². The summed E-state index contributed by atoms with van der Waals surface area (Å²) in [6.45, 7) is 0. The van der Waals surface area contributed by atoms with E-state index in [0.717, 1.165) is 78.1 Å². The van der Waals surface area contributed by atoms with Crippen molar-refractivity contribution in [1.82, 2.24) is 0 Å². The molecule has 0 aromatic heterocycles. The molecule has 52 heavy (non-hydrogen) atoms. The number of rotatable bonds is 8. The molecule has 0 unspecified atom stereocenters. The molecular formula is C49H34N2O. The van der Waals surface area contributed by atoms with Crippen molar-refractivity contribution in [2.45, 2.75) is 0 Å². The Morgan fingerprint density at radius 2 is 0.808 bits per heavy atom. The molecule has 0 bridgehead atoms. The van der Waals surface area contributed by atoms with Gasteiger partial charge < -0.3 is 10.4 Å². The molecule has 0 heterocycles. The van der Waals surface area contributed by atoms with E-state index in [1.807, 2.05) is 84.9 Å². The predicted molar refractivity (Wildman–Crippen MR) is 215 cm³/mol. The maximum atomic E-state index is 11.2. The maximum Gasteiger partial charge on any atom is 0.131 e. The molecule has 3 nitrogen and oxygen atoms in total. The third-order valence-corrected chi connectivity index (χ3v) is 9.41. The summed E-state index contributed by atoms with van der Waals surface area (Å²) in [6, 6.07) is 68.3. The first-order valence-corrected chi connectivity index (χ1v) is 17.3. The molecule has 0 fully saturated rings. The maximum absolute atomic E-state index is 11.2. The Bertz CT molecular complexity index is 2560. The van der Waals surface area contributed by atoms with E-state index in [1.165, 1.54) is 0 Å². The molecular weight excluding hydrogens is 633 g/mol. The highest BCUT2D eigenvalue weighted by Gasteiger charge is 2.12. The largest absolute Gasteiger partial charge is 0.507 e. The molecule has 3 heteroatoms. The molecule has 0 aliphatic heterocycles. The van der Waals surface area contributed by atoms with Crippen molar-refractivity contribution in [2.24, 2.45) is 0 Å². The molecule has 0 aliphatic rings. The SMILES string of the molecule is N#Cc1cccc(Nc2ccccc2-c2cccc(-c3cccc(-c4cccc(-c5ccc(-c6cccc(-c7ccccc7)c6O)cc5)c4)c3)c2)c1. The van der Waals surface area contributed by atoms with E-state index in [-0.39, 0.29) is 5.75 Å². The van der Waals surface area contributed by atoms with E-state index in [0.29, 0.717) is 5.56 Å². The number of nitriles is 1. The lowest BCUT2D eigenvalue weighted by Crippen LogP contribution is -1.94. The lowest BCUT2D eigenvalue weighted by molar-refractivity contribution is 0.479. The van der Waals surface area contributed by atoms with Gasteiger partial charge in [0.25, 0.3) is 0 Å². The van der Waals surface area contributed by atoms with Crippen LogP contribution in [-0.4, -0.2) is 5.11 Å². The van der Waals surface area contributed by atoms with Crippen molar-refractivity contribution in [1.29, 1.82) is 5.26 Å². The summed E-state index contributed by atoms with van der Waals surface area (Å²) in [5.41, 5.74) is 15.1. The summed E-state index contributed by atoms with van der Waals surface area (Å²) in [6.07, 6.45) is 0. The highest BCUT2D eigenvalue weighted by atomic mass is 16.3. The van der Waals surface area contributed by atoms with Crippen molar-refractivity contribution < 1.29 is 5.11 Å². The van der Waals surface area contributed by atoms with Crippen LogP contribution in [-0.2, 0) is 0 Å². The number of phenolic OH excluding ortho intramolecular Hbond substituents is 1. The Kier molecular flexibility index (Phi) is 8.87. The topological polar surface area (TPSA) is 56.0 Å². The lowest BCUT2D eigenvalue weighted by atomic mass is 9.93. The number of phenols is 1. The summed E-state index contributed by atoms with van der Waals surface area (Å²) >= 11 is 0. The zero-order valence-electron chi connectivity index (χ0n) is 28.4. The number of anilines is 2. The van der Waals surface area contributed by atoms with Crippen LogP contribution in [0.4, 0.5) is 11.4 Å². The van der Waals surface area contributed by atoms with Gasteiger partial charge in [0.2, 0.25) is 0 Å². The first-order chi connectivity index (χ1) is 25.6. The Morgan fingerprint density at radius 1 is 0.365 bits per heavy atom. The van der Waals surface area contributed by atoms with Crippen LogP contribution >= 0.6 is 0 Å². The Balaban J connectivity index is 1.05. The van der Waals surface area contributed by atoms with Crippen LogP contribution in [0.1, 0.15) is 5.56 Å². The third-order valence-electron chi connectivity index (χ3n) is 9.41. The number of hydrogen-bond acceptors (Lipinski definition) is 3. The summed E-state index contributed by atoms with van der Waals surface area (Å²) in [4.78, 5) is 0. The summed E-state index contributed by atoms with van der Waals surface area (Å²) in [5.74, 6) is 0.289. The summed E-state index contributed by atoms with van der Waals surface area (Å²) in [5, 5.41) is 24.1. The second-order valence-corrected chi connectivity index (χ2v) is 12.8. The quantitative estimate of drug-likeness (QED) is 0.170. The van der Waals surface area contributed by atoms with Crippen molar-refractivity contribution in [2.75, 3.05) is 5.32 Å². The van der Waals surface area contributed by atoms with Crippen LogP contribution in [0.2, 0.25) is 0 Å². The first kappa shape index (κ1) is 32.1. The van der Waals surface area contributed by atoms with Gasteiger partial charge in [-0.3, -0.25) is 0 Å². The van der Waals surface area contributed by atoms with Gasteiger partial charge in [-0.2, -0.15) is 5.26 Å². The lowest BCUT2D eigenvalue weighted by Gasteiger charge is -2.14. The van der Waals surface area contributed by atoms with E-state index in [9.17, 15) is 10.4 Å². The Morgan fingerprint density at radius 3 is 1.44 bits per heavy atom. The second-order valence-electron chi connectivity index (χ2n) is 12.8. The van der Waals surface area contributed by atoms with Gasteiger partial charge in [-0.15, -0.1) is 0 Å². The van der Waals surface area contributed by atoms with Crippen LogP contribution in [0.25, 0.3) is 66.8 Å². The number of nitrogens with zero attached hydrogens (tertiary/aromatic N) is 1. The number of benzene rings is 8. The van der Waals surface area contributed by atoms with Crippen LogP contribution in [0, 0.1) is 11.3 Å². The molecule has 0 atom stereocenters. The molecule has 2 N–H and O–H groups in total. The highest BCUT2D eigenvalue weighted by molar-refractivity contribution is 5.86. The molecule has 246 valence electrons. The molecule has 0 saturated heterocycles. The fourth-order valence-corrected chi connectivity index (χ4v) is 6.76. The normalized spacial score (nSPS) is 10.8. The molecule has 0 aliphatic carbocycles. The summed E-state index contributed by atoms with van der Waals surface area (Å²) < 4.78 is 0. The van der Waals surface area contributed by atoms with Gasteiger partial charge in [-0.05, 0) is 92.5 Å². The minimum absolute atomic E-state index is 0.289. The molecule has 0 saturated carbocycles. The van der Waals surface area contributed by atoms with E-state index >= 15 is 0 Å². The van der Waals surface area contributed by atoms with Gasteiger partial charge >= 0.3 is 0 Å². The van der Waals surface area contributed by atoms with E-state index in [2.05, 4.69) is 121 Å². The average molecular weight is 667 g/mol. The molecule has 8 aromatic carbocycles. The Hall–Kier alpha value is -7.15. The minimum Gasteiger partial charge on any atom is -0.507 e. The molecule has 8 rings (SSSR count). The molecule has 0 spiro atoms. The van der Waals surface area contributed by atoms with Crippen LogP contribution < -0.4 is 5.32 Å². The zero-order valence-corrected chi connectivity index (χ0v) is 28.4. The Labute approximate surface area is 304 Å².